The van der Waals surface area contributed by atoms with Gasteiger partial charge in [0, 0.05) is 11.3 Å². The third-order valence-corrected chi connectivity index (χ3v) is 3.41. The van der Waals surface area contributed by atoms with E-state index in [1.165, 1.54) is 0 Å². The predicted molar refractivity (Wildman–Crippen MR) is 77.3 cm³/mol. The van der Waals surface area contributed by atoms with Gasteiger partial charge in [-0.05, 0) is 61.2 Å². The summed E-state index contributed by atoms with van der Waals surface area (Å²) in [5.74, 6) is 0.720. The van der Waals surface area contributed by atoms with Gasteiger partial charge in [-0.3, -0.25) is 4.79 Å². The van der Waals surface area contributed by atoms with Crippen LogP contribution in [0, 0.1) is 11.7 Å². The van der Waals surface area contributed by atoms with Crippen molar-refractivity contribution in [1.82, 2.24) is 9.97 Å². The third kappa shape index (κ3) is 3.65. The fourth-order valence-corrected chi connectivity index (χ4v) is 2.62. The summed E-state index contributed by atoms with van der Waals surface area (Å²) in [7, 11) is 1.59. The van der Waals surface area contributed by atoms with Gasteiger partial charge in [0.1, 0.15) is 10.8 Å². The summed E-state index contributed by atoms with van der Waals surface area (Å²) in [4.78, 5) is 19.1. The van der Waals surface area contributed by atoms with E-state index in [4.69, 9.17) is 17.0 Å². The van der Waals surface area contributed by atoms with E-state index in [1.807, 2.05) is 6.92 Å². The minimum atomic E-state index is -0.0739. The topological polar surface area (TPSA) is 55.0 Å². The van der Waals surface area contributed by atoms with Crippen LogP contribution in [-0.2, 0) is 0 Å². The first-order chi connectivity index (χ1) is 9.08. The first-order valence-corrected chi connectivity index (χ1v) is 6.75. The molecule has 0 atom stereocenters. The number of H-pyrrole nitrogens is 1. The van der Waals surface area contributed by atoms with Gasteiger partial charge in [-0.1, -0.05) is 0 Å². The molecular weight excluding hydrogens is 280 g/mol. The lowest BCUT2D eigenvalue weighted by Gasteiger charge is -2.03. The SMILES string of the molecule is COc1ccc(C(=O)Sc2cc(C)[nH]c(=S)n2)cc1. The maximum Gasteiger partial charge on any atom is 0.225 e. The quantitative estimate of drug-likeness (QED) is 0.534. The Bertz CT molecular complexity index is 650. The van der Waals surface area contributed by atoms with Crippen molar-refractivity contribution >= 4 is 29.1 Å². The molecule has 2 rings (SSSR count). The highest BCUT2D eigenvalue weighted by Crippen LogP contribution is 2.22. The fraction of sp³-hybridized carbons (Fsp3) is 0.154. The normalized spacial score (nSPS) is 10.2. The van der Waals surface area contributed by atoms with E-state index in [9.17, 15) is 4.79 Å². The molecule has 0 spiro atoms. The molecule has 0 aliphatic carbocycles. The van der Waals surface area contributed by atoms with Gasteiger partial charge >= 0.3 is 0 Å². The number of carbonyl (C=O) groups is 1. The summed E-state index contributed by atoms with van der Waals surface area (Å²) in [6.07, 6.45) is 0. The van der Waals surface area contributed by atoms with Gasteiger partial charge in [0.05, 0.1) is 7.11 Å². The van der Waals surface area contributed by atoms with Crippen LogP contribution in [-0.4, -0.2) is 22.2 Å². The van der Waals surface area contributed by atoms with E-state index in [0.29, 0.717) is 15.4 Å². The molecule has 0 aliphatic rings. The van der Waals surface area contributed by atoms with Gasteiger partial charge in [-0.2, -0.15) is 0 Å². The van der Waals surface area contributed by atoms with E-state index in [-0.39, 0.29) is 5.12 Å². The monoisotopic (exact) mass is 292 g/mol. The van der Waals surface area contributed by atoms with Crippen molar-refractivity contribution < 1.29 is 9.53 Å². The maximum atomic E-state index is 12.1. The summed E-state index contributed by atoms with van der Waals surface area (Å²) < 4.78 is 5.43. The molecule has 1 heterocycles. The number of hydrogen-bond donors (Lipinski definition) is 1. The zero-order chi connectivity index (χ0) is 13.8. The Kier molecular flexibility index (Phi) is 4.34. The predicted octanol–water partition coefficient (Wildman–Crippen LogP) is 3.39. The minimum absolute atomic E-state index is 0.0739. The lowest BCUT2D eigenvalue weighted by atomic mass is 10.2. The Balaban J connectivity index is 2.17. The summed E-state index contributed by atoms with van der Waals surface area (Å²) >= 11 is 6.04. The van der Waals surface area contributed by atoms with Crippen LogP contribution in [0.4, 0.5) is 0 Å². The zero-order valence-corrected chi connectivity index (χ0v) is 12.1. The van der Waals surface area contributed by atoms with E-state index >= 15 is 0 Å². The van der Waals surface area contributed by atoms with Crippen molar-refractivity contribution in [3.05, 3.63) is 46.4 Å². The summed E-state index contributed by atoms with van der Waals surface area (Å²) in [6.45, 7) is 1.87. The maximum absolute atomic E-state index is 12.1. The van der Waals surface area contributed by atoms with Crippen LogP contribution >= 0.6 is 24.0 Å². The van der Waals surface area contributed by atoms with Crippen molar-refractivity contribution in [2.24, 2.45) is 0 Å². The third-order valence-electron chi connectivity index (χ3n) is 2.38. The van der Waals surface area contributed by atoms with Crippen LogP contribution in [0.25, 0.3) is 0 Å². The Morgan fingerprint density at radius 3 is 2.63 bits per heavy atom. The molecule has 0 amide bonds. The van der Waals surface area contributed by atoms with Crippen molar-refractivity contribution in [3.63, 3.8) is 0 Å². The van der Waals surface area contributed by atoms with Crippen molar-refractivity contribution in [3.8, 4) is 5.75 Å². The number of ether oxygens (including phenoxy) is 1. The number of nitrogens with zero attached hydrogens (tertiary/aromatic N) is 1. The van der Waals surface area contributed by atoms with Crippen molar-refractivity contribution in [1.29, 1.82) is 0 Å². The molecule has 1 N–H and O–H groups in total. The van der Waals surface area contributed by atoms with E-state index in [2.05, 4.69) is 9.97 Å². The van der Waals surface area contributed by atoms with Gasteiger partial charge in [0.25, 0.3) is 0 Å². The van der Waals surface area contributed by atoms with E-state index < -0.39 is 0 Å². The molecule has 4 nitrogen and oxygen atoms in total. The van der Waals surface area contributed by atoms with Crippen molar-refractivity contribution in [2.75, 3.05) is 7.11 Å². The number of rotatable bonds is 3. The van der Waals surface area contributed by atoms with E-state index in [0.717, 1.165) is 23.2 Å². The lowest BCUT2D eigenvalue weighted by molar-refractivity contribution is 0.108. The van der Waals surface area contributed by atoms with Crippen LogP contribution in [0.15, 0.2) is 35.4 Å². The zero-order valence-electron chi connectivity index (χ0n) is 10.5. The van der Waals surface area contributed by atoms with Crippen LogP contribution in [0.3, 0.4) is 0 Å². The molecule has 0 radical (unpaired) electrons. The number of carbonyl (C=O) groups excluding carboxylic acids is 1. The number of nitrogens with one attached hydrogen (secondary N) is 1. The highest BCUT2D eigenvalue weighted by atomic mass is 32.2. The Labute approximate surface area is 120 Å². The largest absolute Gasteiger partial charge is 0.497 e. The smallest absolute Gasteiger partial charge is 0.225 e. The average Bonchev–Trinajstić information content (AvgIpc) is 2.37. The van der Waals surface area contributed by atoms with Gasteiger partial charge in [-0.15, -0.1) is 0 Å². The number of hydrogen-bond acceptors (Lipinski definition) is 5. The molecule has 1 aromatic carbocycles. The highest BCUT2D eigenvalue weighted by Gasteiger charge is 2.09. The molecule has 1 aromatic heterocycles. The van der Waals surface area contributed by atoms with Crippen molar-refractivity contribution in [2.45, 2.75) is 11.9 Å². The molecular formula is C13H12N2O2S2. The second-order valence-corrected chi connectivity index (χ2v) is 5.21. The fourth-order valence-electron chi connectivity index (χ4n) is 1.48. The molecule has 0 aliphatic heterocycles. The summed E-state index contributed by atoms with van der Waals surface area (Å²) in [5, 5.41) is 0.525. The molecule has 19 heavy (non-hydrogen) atoms. The first-order valence-electron chi connectivity index (χ1n) is 5.52. The second kappa shape index (κ2) is 5.99. The average molecular weight is 292 g/mol. The number of thioether (sulfide) groups is 1. The molecule has 6 heteroatoms. The summed E-state index contributed by atoms with van der Waals surface area (Å²) in [6, 6.07) is 8.75. The second-order valence-electron chi connectivity index (χ2n) is 3.83. The van der Waals surface area contributed by atoms with Gasteiger partial charge < -0.3 is 9.72 Å². The van der Waals surface area contributed by atoms with Gasteiger partial charge in [0.2, 0.25) is 5.12 Å². The van der Waals surface area contributed by atoms with Crippen LogP contribution in [0.5, 0.6) is 5.75 Å². The van der Waals surface area contributed by atoms with E-state index in [1.54, 1.807) is 37.4 Å². The number of aromatic amines is 1. The molecule has 0 unspecified atom stereocenters. The molecule has 0 saturated heterocycles. The minimum Gasteiger partial charge on any atom is -0.497 e. The first kappa shape index (κ1) is 13.8. The van der Waals surface area contributed by atoms with Crippen LogP contribution in [0.2, 0.25) is 0 Å². The molecule has 0 fully saturated rings. The Morgan fingerprint density at radius 2 is 2.05 bits per heavy atom. The molecule has 2 aromatic rings. The Hall–Kier alpha value is -1.66. The highest BCUT2D eigenvalue weighted by molar-refractivity contribution is 8.14. The standard InChI is InChI=1S/C13H12N2O2S2/c1-8-7-11(15-13(18)14-8)19-12(16)9-3-5-10(17-2)6-4-9/h3-7H,1-2H3,(H,14,15,18). The van der Waals surface area contributed by atoms with Gasteiger partial charge in [-0.25, -0.2) is 4.98 Å². The van der Waals surface area contributed by atoms with Crippen LogP contribution in [0.1, 0.15) is 16.1 Å². The number of aromatic nitrogens is 2. The molecule has 98 valence electrons. The molecule has 0 saturated carbocycles. The lowest BCUT2D eigenvalue weighted by Crippen LogP contribution is -1.96. The van der Waals surface area contributed by atoms with Gasteiger partial charge in [0.15, 0.2) is 4.77 Å². The molecule has 0 bridgehead atoms. The number of benzene rings is 1. The number of methoxy groups -OCH3 is 1. The summed E-state index contributed by atoms with van der Waals surface area (Å²) in [5.41, 5.74) is 1.48. The van der Waals surface area contributed by atoms with Crippen LogP contribution < -0.4 is 4.74 Å². The number of aryl methyl sites for hydroxylation is 1. The Morgan fingerprint density at radius 1 is 1.37 bits per heavy atom.